The third-order valence-corrected chi connectivity index (χ3v) is 5.25. The van der Waals surface area contributed by atoms with Gasteiger partial charge < -0.3 is 20.9 Å². The maximum atomic E-state index is 12.5. The van der Waals surface area contributed by atoms with Gasteiger partial charge in [-0.3, -0.25) is 4.79 Å². The third-order valence-electron chi connectivity index (χ3n) is 4.17. The van der Waals surface area contributed by atoms with Gasteiger partial charge in [-0.2, -0.15) is 0 Å². The lowest BCUT2D eigenvalue weighted by atomic mass is 9.75. The van der Waals surface area contributed by atoms with Crippen LogP contribution in [0.3, 0.4) is 0 Å². The van der Waals surface area contributed by atoms with Gasteiger partial charge >= 0.3 is 0 Å². The maximum absolute atomic E-state index is 12.5. The molecular weight excluding hydrogens is 274 g/mol. The molecule has 7 heteroatoms. The van der Waals surface area contributed by atoms with Gasteiger partial charge in [0.05, 0.1) is 0 Å². The van der Waals surface area contributed by atoms with Gasteiger partial charge in [0.15, 0.2) is 5.13 Å². The van der Waals surface area contributed by atoms with Gasteiger partial charge in [-0.15, -0.1) is 0 Å². The minimum absolute atomic E-state index is 0.0466. The molecule has 0 unspecified atom stereocenters. The Morgan fingerprint density at radius 1 is 1.45 bits per heavy atom. The maximum Gasteiger partial charge on any atom is 0.267 e. The minimum Gasteiger partial charge on any atom is -0.382 e. The van der Waals surface area contributed by atoms with Crippen LogP contribution >= 0.6 is 11.3 Å². The van der Waals surface area contributed by atoms with Crippen molar-refractivity contribution in [3.8, 4) is 0 Å². The van der Waals surface area contributed by atoms with Crippen LogP contribution in [0.5, 0.6) is 0 Å². The Morgan fingerprint density at radius 2 is 2.10 bits per heavy atom. The quantitative estimate of drug-likeness (QED) is 0.857. The highest BCUT2D eigenvalue weighted by Gasteiger charge is 2.41. The molecule has 3 N–H and O–H groups in total. The van der Waals surface area contributed by atoms with E-state index < -0.39 is 0 Å². The average Bonchev–Trinajstić information content (AvgIpc) is 2.73. The number of nitrogens with zero attached hydrogens (tertiary/aromatic N) is 3. The van der Waals surface area contributed by atoms with Crippen LogP contribution in [0.4, 0.5) is 10.9 Å². The molecule has 1 aliphatic rings. The van der Waals surface area contributed by atoms with Gasteiger partial charge in [-0.25, -0.2) is 4.98 Å². The summed E-state index contributed by atoms with van der Waals surface area (Å²) < 4.78 is 0. The molecule has 0 aromatic carbocycles. The van der Waals surface area contributed by atoms with Gasteiger partial charge in [0.25, 0.3) is 5.91 Å². The second kappa shape index (κ2) is 5.57. The average molecular weight is 297 g/mol. The summed E-state index contributed by atoms with van der Waals surface area (Å²) in [4.78, 5) is 21.1. The van der Waals surface area contributed by atoms with Crippen molar-refractivity contribution < 1.29 is 4.79 Å². The highest BCUT2D eigenvalue weighted by molar-refractivity contribution is 7.18. The number of nitrogens with one attached hydrogen (secondary N) is 1. The molecular formula is C13H23N5OS. The van der Waals surface area contributed by atoms with E-state index in [1.54, 1.807) is 11.9 Å². The molecule has 0 aliphatic heterocycles. The normalized spacial score (nSPS) is 16.9. The Balaban J connectivity index is 2.10. The number of anilines is 2. The topological polar surface area (TPSA) is 74.5 Å². The second-order valence-electron chi connectivity index (χ2n) is 5.62. The van der Waals surface area contributed by atoms with Gasteiger partial charge in [0.1, 0.15) is 10.7 Å². The van der Waals surface area contributed by atoms with E-state index in [2.05, 4.69) is 29.3 Å². The standard InChI is InChI=1S/C13H23N5OS/c1-15-12-16-10(14)9(20-12)11(19)18(4)8-13(17(2)3)6-5-7-13/h5-8,14H2,1-4H3,(H,15,16). The Morgan fingerprint density at radius 3 is 2.50 bits per heavy atom. The molecule has 1 aromatic heterocycles. The first-order chi connectivity index (χ1) is 9.39. The molecule has 0 spiro atoms. The number of carbonyl (C=O) groups excluding carboxylic acids is 1. The van der Waals surface area contributed by atoms with Crippen LogP contribution in [0.25, 0.3) is 0 Å². The highest BCUT2D eigenvalue weighted by Crippen LogP contribution is 2.37. The molecule has 1 aromatic rings. The predicted octanol–water partition coefficient (Wildman–Crippen LogP) is 1.32. The summed E-state index contributed by atoms with van der Waals surface area (Å²) in [5.41, 5.74) is 5.95. The fourth-order valence-electron chi connectivity index (χ4n) is 2.61. The third kappa shape index (κ3) is 2.60. The van der Waals surface area contributed by atoms with Crippen LogP contribution in [0.2, 0.25) is 0 Å². The summed E-state index contributed by atoms with van der Waals surface area (Å²) in [5.74, 6) is 0.262. The number of carbonyl (C=O) groups is 1. The van der Waals surface area contributed by atoms with Crippen molar-refractivity contribution in [1.82, 2.24) is 14.8 Å². The zero-order valence-corrected chi connectivity index (χ0v) is 13.4. The number of amides is 1. The molecule has 0 radical (unpaired) electrons. The number of hydrogen-bond donors (Lipinski definition) is 2. The molecule has 112 valence electrons. The molecule has 1 saturated carbocycles. The Bertz CT molecular complexity index is 495. The number of nitrogens with two attached hydrogens (primary N) is 1. The molecule has 2 rings (SSSR count). The van der Waals surface area contributed by atoms with E-state index in [0.717, 1.165) is 19.4 Å². The summed E-state index contributed by atoms with van der Waals surface area (Å²) in [6.45, 7) is 0.727. The van der Waals surface area contributed by atoms with Gasteiger partial charge in [-0.1, -0.05) is 11.3 Å². The van der Waals surface area contributed by atoms with Crippen LogP contribution < -0.4 is 11.1 Å². The molecule has 1 aliphatic carbocycles. The lowest BCUT2D eigenvalue weighted by molar-refractivity contribution is 0.0255. The van der Waals surface area contributed by atoms with Crippen molar-refractivity contribution in [3.05, 3.63) is 4.88 Å². The summed E-state index contributed by atoms with van der Waals surface area (Å²) in [5, 5.41) is 3.59. The number of rotatable bonds is 5. The van der Waals surface area contributed by atoms with Gasteiger partial charge in [0, 0.05) is 26.2 Å². The van der Waals surface area contributed by atoms with E-state index in [0.29, 0.717) is 15.8 Å². The van der Waals surface area contributed by atoms with Crippen molar-refractivity contribution in [3.63, 3.8) is 0 Å². The first-order valence-electron chi connectivity index (χ1n) is 6.76. The highest BCUT2D eigenvalue weighted by atomic mass is 32.1. The SMILES string of the molecule is CNc1nc(N)c(C(=O)N(C)CC2(N(C)C)CCC2)s1. The van der Waals surface area contributed by atoms with E-state index in [4.69, 9.17) is 5.73 Å². The molecule has 0 bridgehead atoms. The monoisotopic (exact) mass is 297 g/mol. The summed E-state index contributed by atoms with van der Waals surface area (Å²) in [7, 11) is 7.77. The fraction of sp³-hybridized carbons (Fsp3) is 0.692. The van der Waals surface area contributed by atoms with Crippen molar-refractivity contribution in [2.75, 3.05) is 45.8 Å². The second-order valence-corrected chi connectivity index (χ2v) is 6.62. The molecule has 1 amide bonds. The molecule has 6 nitrogen and oxygen atoms in total. The molecule has 0 atom stereocenters. The molecule has 20 heavy (non-hydrogen) atoms. The first kappa shape index (κ1) is 15.1. The summed E-state index contributed by atoms with van der Waals surface area (Å²) in [6.07, 6.45) is 3.50. The zero-order chi connectivity index (χ0) is 14.9. The van der Waals surface area contributed by atoms with Crippen molar-refractivity contribution >= 4 is 28.2 Å². The smallest absolute Gasteiger partial charge is 0.267 e. The molecule has 1 fully saturated rings. The fourth-order valence-corrected chi connectivity index (χ4v) is 3.44. The van der Waals surface area contributed by atoms with E-state index in [1.807, 2.05) is 7.05 Å². The Kier molecular flexibility index (Phi) is 4.19. The Hall–Kier alpha value is -1.34. The van der Waals surface area contributed by atoms with Gasteiger partial charge in [-0.05, 0) is 33.4 Å². The van der Waals surface area contributed by atoms with Crippen LogP contribution in [0, 0.1) is 0 Å². The minimum atomic E-state index is -0.0466. The van der Waals surface area contributed by atoms with E-state index in [9.17, 15) is 4.79 Å². The van der Waals surface area contributed by atoms with Gasteiger partial charge in [0.2, 0.25) is 0 Å². The summed E-state index contributed by atoms with van der Waals surface area (Å²) in [6, 6.07) is 0. The van der Waals surface area contributed by atoms with Crippen molar-refractivity contribution in [2.45, 2.75) is 24.8 Å². The van der Waals surface area contributed by atoms with Crippen molar-refractivity contribution in [1.29, 1.82) is 0 Å². The lowest BCUT2D eigenvalue weighted by Gasteiger charge is -2.49. The van der Waals surface area contributed by atoms with E-state index in [-0.39, 0.29) is 11.4 Å². The number of nitrogen functional groups attached to an aromatic ring is 1. The number of thiazole rings is 1. The first-order valence-corrected chi connectivity index (χ1v) is 7.58. The largest absolute Gasteiger partial charge is 0.382 e. The molecule has 0 saturated heterocycles. The number of aromatic nitrogens is 1. The van der Waals surface area contributed by atoms with Crippen LogP contribution in [0.15, 0.2) is 0 Å². The van der Waals surface area contributed by atoms with E-state index in [1.165, 1.54) is 17.8 Å². The van der Waals surface area contributed by atoms with E-state index >= 15 is 0 Å². The number of likely N-dealkylation sites (N-methyl/N-ethyl adjacent to an activating group) is 2. The predicted molar refractivity (Wildman–Crippen MR) is 83.3 cm³/mol. The zero-order valence-electron chi connectivity index (χ0n) is 12.6. The summed E-state index contributed by atoms with van der Waals surface area (Å²) >= 11 is 1.30. The van der Waals surface area contributed by atoms with Crippen LogP contribution in [0.1, 0.15) is 28.9 Å². The Labute approximate surface area is 124 Å². The van der Waals surface area contributed by atoms with Crippen molar-refractivity contribution in [2.24, 2.45) is 0 Å². The van der Waals surface area contributed by atoms with Crippen LogP contribution in [-0.2, 0) is 0 Å². The lowest BCUT2D eigenvalue weighted by Crippen LogP contribution is -2.57. The molecule has 1 heterocycles. The van der Waals surface area contributed by atoms with Crippen LogP contribution in [-0.4, -0.2) is 61.0 Å². The number of hydrogen-bond acceptors (Lipinski definition) is 6.